The molecule has 1 saturated heterocycles. The molecule has 0 radical (unpaired) electrons. The second-order valence-corrected chi connectivity index (χ2v) is 7.17. The lowest BCUT2D eigenvalue weighted by atomic mass is 9.88. The van der Waals surface area contributed by atoms with Crippen LogP contribution in [0.25, 0.3) is 0 Å². The molecule has 1 heterocycles. The highest BCUT2D eigenvalue weighted by atomic mass is 16.6. The Balaban J connectivity index is 1.51. The Labute approximate surface area is 129 Å². The van der Waals surface area contributed by atoms with Crippen molar-refractivity contribution in [2.75, 3.05) is 6.61 Å². The van der Waals surface area contributed by atoms with E-state index in [0.29, 0.717) is 6.42 Å². The van der Waals surface area contributed by atoms with Gasteiger partial charge in [0.05, 0.1) is 11.3 Å². The molecule has 0 aromatic carbocycles. The number of hydrogen-bond donors (Lipinski definition) is 0. The van der Waals surface area contributed by atoms with Crippen molar-refractivity contribution in [3.63, 3.8) is 0 Å². The van der Waals surface area contributed by atoms with E-state index < -0.39 is 17.4 Å². The van der Waals surface area contributed by atoms with Crippen molar-refractivity contribution >= 4 is 17.9 Å². The van der Waals surface area contributed by atoms with Gasteiger partial charge in [-0.1, -0.05) is 6.92 Å². The van der Waals surface area contributed by atoms with Gasteiger partial charge in [-0.3, -0.25) is 9.59 Å². The van der Waals surface area contributed by atoms with E-state index in [4.69, 9.17) is 14.2 Å². The van der Waals surface area contributed by atoms with E-state index in [9.17, 15) is 14.4 Å². The lowest BCUT2D eigenvalue weighted by molar-refractivity contribution is -0.172. The van der Waals surface area contributed by atoms with Crippen LogP contribution >= 0.6 is 0 Å². The molecule has 1 aliphatic heterocycles. The molecule has 0 spiro atoms. The standard InChI is InChI=1S/C16H22O6/c1-4-16(2,3)15(19)20-7-11(17)21-12-8-5-9-10(6-8)14(18)22-13(9)12/h8-10,12-13H,4-7H2,1-3H3. The van der Waals surface area contributed by atoms with Crippen molar-refractivity contribution in [1.82, 2.24) is 0 Å². The zero-order valence-corrected chi connectivity index (χ0v) is 13.2. The fourth-order valence-electron chi connectivity index (χ4n) is 3.71. The first-order valence-corrected chi connectivity index (χ1v) is 7.90. The molecule has 0 N–H and O–H groups in total. The monoisotopic (exact) mass is 310 g/mol. The van der Waals surface area contributed by atoms with Crippen molar-refractivity contribution in [3.8, 4) is 0 Å². The summed E-state index contributed by atoms with van der Waals surface area (Å²) in [6.45, 7) is 5.05. The molecule has 0 aromatic rings. The van der Waals surface area contributed by atoms with Gasteiger partial charge in [-0.25, -0.2) is 4.79 Å². The lowest BCUT2D eigenvalue weighted by Crippen LogP contribution is -2.37. The second-order valence-electron chi connectivity index (χ2n) is 7.17. The van der Waals surface area contributed by atoms with E-state index in [-0.39, 0.29) is 42.5 Å². The van der Waals surface area contributed by atoms with Crippen molar-refractivity contribution in [3.05, 3.63) is 0 Å². The molecule has 22 heavy (non-hydrogen) atoms. The van der Waals surface area contributed by atoms with Crippen LogP contribution in [0.4, 0.5) is 0 Å². The summed E-state index contributed by atoms with van der Waals surface area (Å²) in [4.78, 5) is 35.4. The number of hydrogen-bond acceptors (Lipinski definition) is 6. The summed E-state index contributed by atoms with van der Waals surface area (Å²) in [5, 5.41) is 0. The molecule has 122 valence electrons. The minimum Gasteiger partial charge on any atom is -0.458 e. The first-order chi connectivity index (χ1) is 10.3. The third-order valence-corrected chi connectivity index (χ3v) is 5.44. The topological polar surface area (TPSA) is 78.9 Å². The summed E-state index contributed by atoms with van der Waals surface area (Å²) in [7, 11) is 0. The van der Waals surface area contributed by atoms with E-state index >= 15 is 0 Å². The Hall–Kier alpha value is -1.59. The SMILES string of the molecule is CCC(C)(C)C(=O)OCC(=O)OC1C2CC3C(=O)OC1C3C2. The number of carbonyl (C=O) groups is 3. The Bertz CT molecular complexity index is 511. The van der Waals surface area contributed by atoms with Crippen LogP contribution < -0.4 is 0 Å². The van der Waals surface area contributed by atoms with Gasteiger partial charge in [0.2, 0.25) is 0 Å². The molecule has 0 amide bonds. The molecule has 0 aromatic heterocycles. The van der Waals surface area contributed by atoms with Gasteiger partial charge < -0.3 is 14.2 Å². The zero-order valence-electron chi connectivity index (χ0n) is 13.2. The highest BCUT2D eigenvalue weighted by Crippen LogP contribution is 2.55. The van der Waals surface area contributed by atoms with Crippen molar-refractivity contribution < 1.29 is 28.6 Å². The minimum absolute atomic E-state index is 0.00636. The van der Waals surface area contributed by atoms with Crippen LogP contribution in [0.2, 0.25) is 0 Å². The van der Waals surface area contributed by atoms with Crippen LogP contribution in [0.15, 0.2) is 0 Å². The predicted molar refractivity (Wildman–Crippen MR) is 74.5 cm³/mol. The largest absolute Gasteiger partial charge is 0.458 e. The van der Waals surface area contributed by atoms with Gasteiger partial charge in [0.15, 0.2) is 6.61 Å². The number of ether oxygens (including phenoxy) is 3. The maximum Gasteiger partial charge on any atom is 0.344 e. The van der Waals surface area contributed by atoms with E-state index in [1.807, 2.05) is 6.92 Å². The highest BCUT2D eigenvalue weighted by molar-refractivity contribution is 5.80. The Kier molecular flexibility index (Phi) is 3.65. The van der Waals surface area contributed by atoms with E-state index in [0.717, 1.165) is 12.8 Å². The molecular weight excluding hydrogens is 288 g/mol. The number of rotatable bonds is 5. The Morgan fingerprint density at radius 2 is 2.05 bits per heavy atom. The third-order valence-electron chi connectivity index (χ3n) is 5.44. The number of esters is 3. The summed E-state index contributed by atoms with van der Waals surface area (Å²) >= 11 is 0. The number of carbonyl (C=O) groups excluding carboxylic acids is 3. The van der Waals surface area contributed by atoms with Crippen molar-refractivity contribution in [2.45, 2.75) is 52.2 Å². The van der Waals surface area contributed by atoms with Crippen LogP contribution in [0.1, 0.15) is 40.0 Å². The number of fused-ring (bicyclic) bond motifs is 1. The van der Waals surface area contributed by atoms with Crippen LogP contribution in [0, 0.1) is 23.2 Å². The zero-order chi connectivity index (χ0) is 16.1. The molecule has 5 unspecified atom stereocenters. The molecule has 3 fully saturated rings. The third kappa shape index (κ3) is 2.38. The molecule has 3 rings (SSSR count). The van der Waals surface area contributed by atoms with Gasteiger partial charge in [0, 0.05) is 11.8 Å². The van der Waals surface area contributed by atoms with E-state index in [2.05, 4.69) is 0 Å². The molecule has 5 atom stereocenters. The summed E-state index contributed by atoms with van der Waals surface area (Å²) in [6.07, 6.45) is 1.57. The molecule has 2 saturated carbocycles. The molecule has 2 aliphatic carbocycles. The van der Waals surface area contributed by atoms with Gasteiger partial charge in [0.25, 0.3) is 0 Å². The first-order valence-electron chi connectivity index (χ1n) is 7.90. The van der Waals surface area contributed by atoms with Crippen LogP contribution in [0.5, 0.6) is 0 Å². The van der Waals surface area contributed by atoms with Crippen LogP contribution in [0.3, 0.4) is 0 Å². The van der Waals surface area contributed by atoms with Gasteiger partial charge in [-0.05, 0) is 33.1 Å². The molecule has 2 bridgehead atoms. The molecule has 6 heteroatoms. The summed E-state index contributed by atoms with van der Waals surface area (Å²) in [5.41, 5.74) is -0.610. The van der Waals surface area contributed by atoms with E-state index in [1.54, 1.807) is 13.8 Å². The molecular formula is C16H22O6. The lowest BCUT2D eigenvalue weighted by Gasteiger charge is -2.25. The Morgan fingerprint density at radius 3 is 2.73 bits per heavy atom. The maximum absolute atomic E-state index is 11.9. The average molecular weight is 310 g/mol. The summed E-state index contributed by atoms with van der Waals surface area (Å²) in [6, 6.07) is 0. The van der Waals surface area contributed by atoms with Gasteiger partial charge in [-0.15, -0.1) is 0 Å². The quantitative estimate of drug-likeness (QED) is 0.565. The fraction of sp³-hybridized carbons (Fsp3) is 0.812. The van der Waals surface area contributed by atoms with Gasteiger partial charge in [0.1, 0.15) is 12.2 Å². The molecule has 6 nitrogen and oxygen atoms in total. The van der Waals surface area contributed by atoms with Crippen LogP contribution in [-0.2, 0) is 28.6 Å². The normalized spacial score (nSPS) is 35.4. The smallest absolute Gasteiger partial charge is 0.344 e. The average Bonchev–Trinajstić information content (AvgIpc) is 3.09. The van der Waals surface area contributed by atoms with Gasteiger partial charge >= 0.3 is 17.9 Å². The summed E-state index contributed by atoms with van der Waals surface area (Å²) < 4.78 is 15.8. The predicted octanol–water partition coefficient (Wildman–Crippen LogP) is 1.46. The maximum atomic E-state index is 11.9. The van der Waals surface area contributed by atoms with Crippen molar-refractivity contribution in [2.24, 2.45) is 23.2 Å². The van der Waals surface area contributed by atoms with Gasteiger partial charge in [-0.2, -0.15) is 0 Å². The Morgan fingerprint density at radius 1 is 1.32 bits per heavy atom. The fourth-order valence-corrected chi connectivity index (χ4v) is 3.71. The highest BCUT2D eigenvalue weighted by Gasteiger charge is 2.63. The second kappa shape index (κ2) is 5.25. The van der Waals surface area contributed by atoms with Crippen LogP contribution in [-0.4, -0.2) is 36.7 Å². The first kappa shape index (κ1) is 15.3. The van der Waals surface area contributed by atoms with Crippen molar-refractivity contribution in [1.29, 1.82) is 0 Å². The molecule has 3 aliphatic rings. The summed E-state index contributed by atoms with van der Waals surface area (Å²) in [5.74, 6) is -0.764. The minimum atomic E-state index is -0.610. The van der Waals surface area contributed by atoms with E-state index in [1.165, 1.54) is 0 Å².